The summed E-state index contributed by atoms with van der Waals surface area (Å²) in [4.78, 5) is 16.9. The fourth-order valence-corrected chi connectivity index (χ4v) is 2.86. The van der Waals surface area contributed by atoms with E-state index in [1.165, 1.54) is 0 Å². The topological polar surface area (TPSA) is 60.7 Å². The summed E-state index contributed by atoms with van der Waals surface area (Å²) in [6.07, 6.45) is 0. The van der Waals surface area contributed by atoms with Gasteiger partial charge in [-0.3, -0.25) is 0 Å². The van der Waals surface area contributed by atoms with Gasteiger partial charge < -0.3 is 15.3 Å². The van der Waals surface area contributed by atoms with Gasteiger partial charge in [-0.2, -0.15) is 0 Å². The molecule has 5 heteroatoms. The summed E-state index contributed by atoms with van der Waals surface area (Å²) >= 11 is 6.43. The third-order valence-electron chi connectivity index (χ3n) is 3.69. The highest BCUT2D eigenvalue weighted by atomic mass is 35.5. The Morgan fingerprint density at radius 3 is 2.67 bits per heavy atom. The van der Waals surface area contributed by atoms with Crippen LogP contribution in [0.5, 0.6) is 0 Å². The predicted octanol–water partition coefficient (Wildman–Crippen LogP) is 3.13. The number of hydrogen-bond donors (Lipinski definition) is 3. The molecule has 3 rings (SSSR count). The molecule has 21 heavy (non-hydrogen) atoms. The second-order valence-corrected chi connectivity index (χ2v) is 5.46. The minimum Gasteiger partial charge on any atom is -0.309 e. The van der Waals surface area contributed by atoms with E-state index >= 15 is 0 Å². The van der Waals surface area contributed by atoms with Gasteiger partial charge in [0, 0.05) is 5.02 Å². The summed E-state index contributed by atoms with van der Waals surface area (Å²) in [5.74, 6) is 0. The molecular formula is C16H16ClN3O. The minimum absolute atomic E-state index is 0.0276. The quantitative estimate of drug-likeness (QED) is 0.696. The van der Waals surface area contributed by atoms with Crippen LogP contribution >= 0.6 is 11.6 Å². The summed E-state index contributed by atoms with van der Waals surface area (Å²) in [5, 5.41) is 4.05. The molecule has 2 aromatic carbocycles. The first-order valence-corrected chi connectivity index (χ1v) is 7.12. The molecule has 0 aliphatic rings. The lowest BCUT2D eigenvalue weighted by atomic mass is 9.97. The Bertz CT molecular complexity index is 850. The largest absolute Gasteiger partial charge is 0.323 e. The van der Waals surface area contributed by atoms with Gasteiger partial charge in [0.1, 0.15) is 0 Å². The van der Waals surface area contributed by atoms with Crippen LogP contribution in [-0.2, 0) is 0 Å². The molecule has 1 heterocycles. The van der Waals surface area contributed by atoms with Gasteiger partial charge in [0.2, 0.25) is 0 Å². The number of hydrogen-bond acceptors (Lipinski definition) is 2. The highest BCUT2D eigenvalue weighted by Crippen LogP contribution is 2.31. The first kappa shape index (κ1) is 13.9. The van der Waals surface area contributed by atoms with Crippen LogP contribution in [0.3, 0.4) is 0 Å². The van der Waals surface area contributed by atoms with E-state index in [0.717, 1.165) is 32.7 Å². The minimum atomic E-state index is -0.197. The van der Waals surface area contributed by atoms with Gasteiger partial charge in [-0.15, -0.1) is 0 Å². The first-order chi connectivity index (χ1) is 10.1. The lowest BCUT2D eigenvalue weighted by Crippen LogP contribution is -2.18. The Kier molecular flexibility index (Phi) is 3.57. The maximum absolute atomic E-state index is 11.4. The normalized spacial score (nSPS) is 12.7. The Morgan fingerprint density at radius 2 is 1.90 bits per heavy atom. The molecule has 0 aliphatic carbocycles. The van der Waals surface area contributed by atoms with E-state index < -0.39 is 0 Å². The van der Waals surface area contributed by atoms with E-state index in [9.17, 15) is 4.79 Å². The number of fused-ring (bicyclic) bond motifs is 1. The van der Waals surface area contributed by atoms with Gasteiger partial charge in [0.05, 0.1) is 17.1 Å². The summed E-state index contributed by atoms with van der Waals surface area (Å²) in [7, 11) is 1.90. The zero-order valence-electron chi connectivity index (χ0n) is 11.8. The molecule has 0 saturated carbocycles. The van der Waals surface area contributed by atoms with Crippen molar-refractivity contribution in [2.75, 3.05) is 7.05 Å². The maximum Gasteiger partial charge on any atom is 0.323 e. The van der Waals surface area contributed by atoms with Crippen molar-refractivity contribution >= 4 is 22.6 Å². The number of imidazole rings is 1. The average Bonchev–Trinajstić information content (AvgIpc) is 2.83. The van der Waals surface area contributed by atoms with Crippen LogP contribution in [-0.4, -0.2) is 17.0 Å². The van der Waals surface area contributed by atoms with Gasteiger partial charge in [-0.1, -0.05) is 35.9 Å². The van der Waals surface area contributed by atoms with Crippen molar-refractivity contribution in [3.63, 3.8) is 0 Å². The van der Waals surface area contributed by atoms with Crippen LogP contribution in [0.1, 0.15) is 22.7 Å². The van der Waals surface area contributed by atoms with Crippen LogP contribution < -0.4 is 11.0 Å². The molecule has 0 radical (unpaired) electrons. The number of benzene rings is 2. The first-order valence-electron chi connectivity index (χ1n) is 6.74. The van der Waals surface area contributed by atoms with Crippen molar-refractivity contribution in [3.05, 3.63) is 68.6 Å². The molecule has 0 spiro atoms. The Hall–Kier alpha value is -2.04. The van der Waals surface area contributed by atoms with E-state index in [2.05, 4.69) is 15.3 Å². The van der Waals surface area contributed by atoms with Crippen molar-refractivity contribution in [1.82, 2.24) is 15.3 Å². The zero-order chi connectivity index (χ0) is 15.0. The number of aromatic nitrogens is 2. The molecule has 1 aromatic heterocycles. The maximum atomic E-state index is 11.4. The number of rotatable bonds is 3. The lowest BCUT2D eigenvalue weighted by molar-refractivity contribution is 0.692. The molecule has 0 saturated heterocycles. The number of H-pyrrole nitrogens is 2. The molecule has 1 atom stereocenters. The predicted molar refractivity (Wildman–Crippen MR) is 86.0 cm³/mol. The van der Waals surface area contributed by atoms with Crippen LogP contribution in [0.25, 0.3) is 11.0 Å². The highest BCUT2D eigenvalue weighted by Gasteiger charge is 2.16. The molecule has 1 unspecified atom stereocenters. The van der Waals surface area contributed by atoms with Gasteiger partial charge in [-0.25, -0.2) is 4.79 Å². The summed E-state index contributed by atoms with van der Waals surface area (Å²) in [5.41, 5.74) is 4.52. The molecule has 0 fully saturated rings. The molecule has 3 aromatic rings. The SMILES string of the molecule is CNC(c1ccc2[nH]c(=O)[nH]c2c1)c1cccc(C)c1Cl. The van der Waals surface area contributed by atoms with Crippen LogP contribution in [0.4, 0.5) is 0 Å². The van der Waals surface area contributed by atoms with E-state index in [-0.39, 0.29) is 11.7 Å². The summed E-state index contributed by atoms with van der Waals surface area (Å²) in [6, 6.07) is 11.8. The molecular weight excluding hydrogens is 286 g/mol. The van der Waals surface area contributed by atoms with Crippen LogP contribution in [0.15, 0.2) is 41.2 Å². The van der Waals surface area contributed by atoms with Crippen LogP contribution in [0, 0.1) is 6.92 Å². The van der Waals surface area contributed by atoms with Crippen molar-refractivity contribution in [2.24, 2.45) is 0 Å². The number of halogens is 1. The van der Waals surface area contributed by atoms with Gasteiger partial charge >= 0.3 is 5.69 Å². The molecule has 108 valence electrons. The molecule has 0 aliphatic heterocycles. The highest BCUT2D eigenvalue weighted by molar-refractivity contribution is 6.32. The average molecular weight is 302 g/mol. The third-order valence-corrected chi connectivity index (χ3v) is 4.21. The smallest absolute Gasteiger partial charge is 0.309 e. The number of aromatic amines is 2. The Balaban J connectivity index is 2.13. The zero-order valence-corrected chi connectivity index (χ0v) is 12.6. The van der Waals surface area contributed by atoms with Crippen molar-refractivity contribution in [1.29, 1.82) is 0 Å². The van der Waals surface area contributed by atoms with E-state index in [0.29, 0.717) is 0 Å². The van der Waals surface area contributed by atoms with Gasteiger partial charge in [0.25, 0.3) is 0 Å². The van der Waals surface area contributed by atoms with Gasteiger partial charge in [0.15, 0.2) is 0 Å². The number of aryl methyl sites for hydroxylation is 1. The van der Waals surface area contributed by atoms with Gasteiger partial charge in [-0.05, 0) is 42.8 Å². The lowest BCUT2D eigenvalue weighted by Gasteiger charge is -2.19. The number of nitrogens with one attached hydrogen (secondary N) is 3. The standard InChI is InChI=1S/C16H16ClN3O/c1-9-4-3-5-11(14(9)17)15(18-2)10-6-7-12-13(8-10)20-16(21)19-12/h3-8,15,18H,1-2H3,(H2,19,20,21). The van der Waals surface area contributed by atoms with E-state index in [1.807, 2.05) is 50.4 Å². The second kappa shape index (κ2) is 5.39. The molecule has 0 bridgehead atoms. The summed E-state index contributed by atoms with van der Waals surface area (Å²) in [6.45, 7) is 1.99. The van der Waals surface area contributed by atoms with Crippen molar-refractivity contribution in [2.45, 2.75) is 13.0 Å². The van der Waals surface area contributed by atoms with Crippen molar-refractivity contribution < 1.29 is 0 Å². The monoisotopic (exact) mass is 301 g/mol. The third kappa shape index (κ3) is 2.48. The van der Waals surface area contributed by atoms with Crippen LogP contribution in [0.2, 0.25) is 5.02 Å². The Morgan fingerprint density at radius 1 is 1.14 bits per heavy atom. The van der Waals surface area contributed by atoms with Crippen molar-refractivity contribution in [3.8, 4) is 0 Å². The Labute approximate surface area is 127 Å². The van der Waals surface area contributed by atoms with E-state index in [1.54, 1.807) is 0 Å². The fraction of sp³-hybridized carbons (Fsp3) is 0.188. The summed E-state index contributed by atoms with van der Waals surface area (Å²) < 4.78 is 0. The molecule has 0 amide bonds. The fourth-order valence-electron chi connectivity index (χ4n) is 2.62. The molecule has 4 nitrogen and oxygen atoms in total. The van der Waals surface area contributed by atoms with E-state index in [4.69, 9.17) is 11.6 Å². The second-order valence-electron chi connectivity index (χ2n) is 5.08. The molecule has 3 N–H and O–H groups in total.